The van der Waals surface area contributed by atoms with Crippen LogP contribution >= 0.6 is 11.6 Å². The van der Waals surface area contributed by atoms with Crippen molar-refractivity contribution in [2.24, 2.45) is 0 Å². The molecule has 0 aromatic heterocycles. The Hall–Kier alpha value is -1.21. The fraction of sp³-hybridized carbons (Fsp3) is 0.286. The number of halogens is 1. The maximum absolute atomic E-state index is 6.03. The Morgan fingerprint density at radius 2 is 2.06 bits per heavy atom. The molecule has 1 aromatic rings. The van der Waals surface area contributed by atoms with E-state index in [-0.39, 0.29) is 5.60 Å². The maximum atomic E-state index is 6.03. The molecule has 16 heavy (non-hydrogen) atoms. The van der Waals surface area contributed by atoms with Crippen LogP contribution in [-0.4, -0.2) is 5.60 Å². The molecule has 1 atom stereocenters. The van der Waals surface area contributed by atoms with Gasteiger partial charge in [-0.15, -0.1) is 0 Å². The van der Waals surface area contributed by atoms with Gasteiger partial charge in [0.05, 0.1) is 0 Å². The van der Waals surface area contributed by atoms with Crippen molar-refractivity contribution in [3.8, 4) is 5.75 Å². The van der Waals surface area contributed by atoms with Crippen LogP contribution in [0.1, 0.15) is 18.9 Å². The zero-order valence-corrected chi connectivity index (χ0v) is 10.3. The monoisotopic (exact) mass is 234 g/mol. The summed E-state index contributed by atoms with van der Waals surface area (Å²) < 4.78 is 6.03. The molecule has 0 fully saturated rings. The highest BCUT2D eigenvalue weighted by atomic mass is 35.5. The zero-order chi connectivity index (χ0) is 11.6. The number of hydrogen-bond acceptors (Lipinski definition) is 1. The van der Waals surface area contributed by atoms with Crippen molar-refractivity contribution in [3.05, 3.63) is 53.1 Å². The van der Waals surface area contributed by atoms with Crippen LogP contribution < -0.4 is 4.74 Å². The average Bonchev–Trinajstić information content (AvgIpc) is 2.27. The second-order valence-electron chi connectivity index (χ2n) is 4.31. The maximum Gasteiger partial charge on any atom is 0.128 e. The fourth-order valence-corrected chi connectivity index (χ4v) is 1.83. The Morgan fingerprint density at radius 3 is 2.69 bits per heavy atom. The number of aryl methyl sites for hydroxylation is 1. The van der Waals surface area contributed by atoms with Crippen molar-refractivity contribution < 1.29 is 4.74 Å². The van der Waals surface area contributed by atoms with E-state index in [1.165, 1.54) is 0 Å². The van der Waals surface area contributed by atoms with Crippen LogP contribution in [0.15, 0.2) is 47.5 Å². The van der Waals surface area contributed by atoms with E-state index in [1.54, 1.807) is 0 Å². The molecule has 0 spiro atoms. The molecule has 0 heterocycles. The van der Waals surface area contributed by atoms with E-state index < -0.39 is 0 Å². The molecule has 1 aromatic carbocycles. The average molecular weight is 235 g/mol. The van der Waals surface area contributed by atoms with Gasteiger partial charge in [-0.2, -0.15) is 0 Å². The number of hydrogen-bond donors (Lipinski definition) is 0. The lowest BCUT2D eigenvalue weighted by Crippen LogP contribution is -2.30. The first kappa shape index (κ1) is 11.3. The van der Waals surface area contributed by atoms with E-state index in [0.29, 0.717) is 0 Å². The molecule has 0 N–H and O–H groups in total. The van der Waals surface area contributed by atoms with Gasteiger partial charge in [0, 0.05) is 11.5 Å². The third-order valence-electron chi connectivity index (χ3n) is 2.73. The molecule has 0 saturated heterocycles. The van der Waals surface area contributed by atoms with Gasteiger partial charge in [0.15, 0.2) is 0 Å². The van der Waals surface area contributed by atoms with Crippen molar-refractivity contribution >= 4 is 11.6 Å². The Balaban J connectivity index is 2.17. The number of rotatable bonds is 2. The normalized spacial score (nSPS) is 24.1. The largest absolute Gasteiger partial charge is 0.483 e. The van der Waals surface area contributed by atoms with Gasteiger partial charge in [-0.25, -0.2) is 0 Å². The van der Waals surface area contributed by atoms with E-state index in [2.05, 4.69) is 6.92 Å². The van der Waals surface area contributed by atoms with Crippen molar-refractivity contribution in [1.29, 1.82) is 0 Å². The third-order valence-corrected chi connectivity index (χ3v) is 3.01. The number of para-hydroxylation sites is 1. The standard InChI is InChI=1S/C14H15ClO/c1-11-5-3-4-6-13(11)16-14(2)9-7-12(15)8-10-14/h3-9H,10H2,1-2H3. The van der Waals surface area contributed by atoms with Crippen molar-refractivity contribution in [1.82, 2.24) is 0 Å². The first-order valence-electron chi connectivity index (χ1n) is 5.39. The van der Waals surface area contributed by atoms with Crippen LogP contribution in [0.3, 0.4) is 0 Å². The molecule has 1 unspecified atom stereocenters. The van der Waals surface area contributed by atoms with Gasteiger partial charge in [0.1, 0.15) is 11.4 Å². The molecule has 0 radical (unpaired) electrons. The first-order valence-corrected chi connectivity index (χ1v) is 5.76. The van der Waals surface area contributed by atoms with Crippen LogP contribution in [0.2, 0.25) is 0 Å². The molecule has 1 nitrogen and oxygen atoms in total. The Morgan fingerprint density at radius 1 is 1.31 bits per heavy atom. The summed E-state index contributed by atoms with van der Waals surface area (Å²) in [6.07, 6.45) is 6.70. The molecule has 1 aliphatic rings. The predicted molar refractivity (Wildman–Crippen MR) is 67.9 cm³/mol. The topological polar surface area (TPSA) is 9.23 Å². The molecular formula is C14H15ClO. The smallest absolute Gasteiger partial charge is 0.128 e. The molecule has 2 rings (SSSR count). The summed E-state index contributed by atoms with van der Waals surface area (Å²) in [5.74, 6) is 0.932. The van der Waals surface area contributed by atoms with E-state index in [9.17, 15) is 0 Å². The van der Waals surface area contributed by atoms with E-state index in [1.807, 2.05) is 49.4 Å². The molecule has 0 saturated carbocycles. The van der Waals surface area contributed by atoms with Gasteiger partial charge < -0.3 is 4.74 Å². The summed E-state index contributed by atoms with van der Waals surface area (Å²) in [7, 11) is 0. The number of allylic oxidation sites excluding steroid dienone is 2. The van der Waals surface area contributed by atoms with Crippen LogP contribution in [0.5, 0.6) is 5.75 Å². The second kappa shape index (κ2) is 4.34. The number of benzene rings is 1. The molecule has 0 bridgehead atoms. The van der Waals surface area contributed by atoms with Crippen LogP contribution in [0.4, 0.5) is 0 Å². The molecule has 0 amide bonds. The summed E-state index contributed by atoms with van der Waals surface area (Å²) in [5.41, 5.74) is 0.864. The fourth-order valence-electron chi connectivity index (χ4n) is 1.69. The Labute approximate surface area is 101 Å². The van der Waals surface area contributed by atoms with Crippen LogP contribution in [0.25, 0.3) is 0 Å². The summed E-state index contributed by atoms with van der Waals surface area (Å²) in [6, 6.07) is 8.04. The lowest BCUT2D eigenvalue weighted by Gasteiger charge is -2.29. The number of ether oxygens (including phenoxy) is 1. The van der Waals surface area contributed by atoms with Gasteiger partial charge in [0.25, 0.3) is 0 Å². The second-order valence-corrected chi connectivity index (χ2v) is 4.74. The SMILES string of the molecule is Cc1ccccc1OC1(C)C=CC(Cl)=CC1. The minimum atomic E-state index is -0.287. The van der Waals surface area contributed by atoms with Gasteiger partial charge in [0.2, 0.25) is 0 Å². The van der Waals surface area contributed by atoms with Gasteiger partial charge in [-0.1, -0.05) is 35.9 Å². The summed E-state index contributed by atoms with van der Waals surface area (Å²) in [6.45, 7) is 4.11. The van der Waals surface area contributed by atoms with Crippen LogP contribution in [-0.2, 0) is 0 Å². The van der Waals surface area contributed by atoms with E-state index in [4.69, 9.17) is 16.3 Å². The summed E-state index contributed by atoms with van der Waals surface area (Å²) >= 11 is 5.90. The highest BCUT2D eigenvalue weighted by Crippen LogP contribution is 2.29. The quantitative estimate of drug-likeness (QED) is 0.745. The lowest BCUT2D eigenvalue weighted by atomic mass is 9.97. The van der Waals surface area contributed by atoms with Gasteiger partial charge >= 0.3 is 0 Å². The van der Waals surface area contributed by atoms with E-state index in [0.717, 1.165) is 22.8 Å². The first-order chi connectivity index (χ1) is 7.59. The predicted octanol–water partition coefficient (Wildman–Crippen LogP) is 4.22. The van der Waals surface area contributed by atoms with Gasteiger partial charge in [-0.3, -0.25) is 0 Å². The highest BCUT2D eigenvalue weighted by Gasteiger charge is 2.24. The summed E-state index contributed by atoms with van der Waals surface area (Å²) in [4.78, 5) is 0. The van der Waals surface area contributed by atoms with Crippen molar-refractivity contribution in [3.63, 3.8) is 0 Å². The van der Waals surface area contributed by atoms with Crippen molar-refractivity contribution in [2.75, 3.05) is 0 Å². The summed E-state index contributed by atoms with van der Waals surface area (Å²) in [5, 5.41) is 0.783. The lowest BCUT2D eigenvalue weighted by molar-refractivity contribution is 0.141. The zero-order valence-electron chi connectivity index (χ0n) is 9.53. The Kier molecular flexibility index (Phi) is 3.06. The minimum Gasteiger partial charge on any atom is -0.483 e. The highest BCUT2D eigenvalue weighted by molar-refractivity contribution is 6.31. The van der Waals surface area contributed by atoms with E-state index >= 15 is 0 Å². The molecule has 1 aliphatic carbocycles. The molecule has 84 valence electrons. The van der Waals surface area contributed by atoms with Crippen LogP contribution in [0, 0.1) is 6.92 Å². The van der Waals surface area contributed by atoms with Gasteiger partial charge in [-0.05, 0) is 37.6 Å². The molecular weight excluding hydrogens is 220 g/mol. The molecule has 0 aliphatic heterocycles. The third kappa shape index (κ3) is 2.48. The minimum absolute atomic E-state index is 0.287. The Bertz CT molecular complexity index is 448. The van der Waals surface area contributed by atoms with Crippen molar-refractivity contribution in [2.45, 2.75) is 25.9 Å². The molecule has 2 heteroatoms.